The molecule has 0 bridgehead atoms. The Morgan fingerprint density at radius 1 is 0.927 bits per heavy atom. The molecular weight excluding hydrogens is 548 g/mol. The first-order valence-electron chi connectivity index (χ1n) is 12.2. The van der Waals surface area contributed by atoms with Crippen LogP contribution < -0.4 is 9.47 Å². The van der Waals surface area contributed by atoms with Crippen molar-refractivity contribution in [3.8, 4) is 28.7 Å². The molecular formula is C27H26O14. The molecule has 0 aliphatic carbocycles. The van der Waals surface area contributed by atoms with Gasteiger partial charge in [-0.2, -0.15) is 0 Å². The molecule has 4 N–H and O–H groups in total. The first-order chi connectivity index (χ1) is 19.3. The van der Waals surface area contributed by atoms with Crippen molar-refractivity contribution in [3.05, 3.63) is 47.2 Å². The lowest BCUT2D eigenvalue weighted by atomic mass is 9.98. The summed E-state index contributed by atoms with van der Waals surface area (Å²) in [5.74, 6) is -5.09. The zero-order chi connectivity index (χ0) is 30.0. The van der Waals surface area contributed by atoms with Gasteiger partial charge in [0.1, 0.15) is 18.8 Å². The number of phenolic OH excluding ortho intramolecular Hbond substituents is 3. The van der Waals surface area contributed by atoms with E-state index < -0.39 is 72.5 Å². The molecule has 2 aliphatic heterocycles. The number of esters is 3. The van der Waals surface area contributed by atoms with E-state index in [1.54, 1.807) is 0 Å². The van der Waals surface area contributed by atoms with Gasteiger partial charge in [0.15, 0.2) is 41.0 Å². The van der Waals surface area contributed by atoms with Crippen LogP contribution in [-0.2, 0) is 33.3 Å². The average molecular weight is 574 g/mol. The van der Waals surface area contributed by atoms with Crippen LogP contribution in [0.3, 0.4) is 0 Å². The molecule has 4 rings (SSSR count). The Morgan fingerprint density at radius 3 is 2.24 bits per heavy atom. The molecule has 0 spiro atoms. The Bertz CT molecular complexity index is 1410. The third-order valence-electron chi connectivity index (χ3n) is 5.99. The second kappa shape index (κ2) is 11.7. The van der Waals surface area contributed by atoms with E-state index in [1.165, 1.54) is 36.4 Å². The maximum atomic E-state index is 12.9. The van der Waals surface area contributed by atoms with Gasteiger partial charge >= 0.3 is 17.9 Å². The predicted octanol–water partition coefficient (Wildman–Crippen LogP) is 1.31. The fourth-order valence-corrected chi connectivity index (χ4v) is 4.20. The van der Waals surface area contributed by atoms with Gasteiger partial charge < -0.3 is 48.8 Å². The summed E-state index contributed by atoms with van der Waals surface area (Å²) in [5, 5.41) is 41.1. The highest BCUT2D eigenvalue weighted by molar-refractivity contribution is 6.15. The molecule has 14 nitrogen and oxygen atoms in total. The molecule has 2 aliphatic rings. The highest BCUT2D eigenvalue weighted by Gasteiger charge is 2.51. The van der Waals surface area contributed by atoms with E-state index in [0.29, 0.717) is 5.56 Å². The van der Waals surface area contributed by atoms with E-state index in [1.807, 2.05) is 0 Å². The van der Waals surface area contributed by atoms with E-state index in [4.69, 9.17) is 28.4 Å². The quantitative estimate of drug-likeness (QED) is 0.159. The van der Waals surface area contributed by atoms with Crippen molar-refractivity contribution in [2.24, 2.45) is 0 Å². The summed E-state index contributed by atoms with van der Waals surface area (Å²) in [5.41, 5.74) is 0.301. The number of ketones is 1. The van der Waals surface area contributed by atoms with Crippen LogP contribution in [-0.4, -0.2) is 81.4 Å². The smallest absolute Gasteiger partial charge is 0.303 e. The summed E-state index contributed by atoms with van der Waals surface area (Å²) in [6.45, 7) is 2.80. The number of benzene rings is 2. The van der Waals surface area contributed by atoms with Crippen molar-refractivity contribution < 1.29 is 68.0 Å². The number of rotatable bonds is 7. The van der Waals surface area contributed by atoms with E-state index in [9.17, 15) is 39.6 Å². The number of carbonyl (C=O) groups is 4. The normalized spacial score (nSPS) is 24.2. The van der Waals surface area contributed by atoms with Crippen molar-refractivity contribution in [1.29, 1.82) is 0 Å². The highest BCUT2D eigenvalue weighted by atomic mass is 16.7. The van der Waals surface area contributed by atoms with Gasteiger partial charge in [-0.05, 0) is 35.9 Å². The molecule has 41 heavy (non-hydrogen) atoms. The Kier molecular flexibility index (Phi) is 8.35. The molecule has 0 radical (unpaired) electrons. The molecule has 0 amide bonds. The molecule has 2 aromatic rings. The third-order valence-corrected chi connectivity index (χ3v) is 5.99. The average Bonchev–Trinajstić information content (AvgIpc) is 3.21. The Hall–Kier alpha value is -4.82. The van der Waals surface area contributed by atoms with E-state index >= 15 is 0 Å². The summed E-state index contributed by atoms with van der Waals surface area (Å²) in [6, 6.07) is 6.35. The number of hydrogen-bond acceptors (Lipinski definition) is 14. The number of phenols is 3. The summed E-state index contributed by atoms with van der Waals surface area (Å²) in [4.78, 5) is 47.7. The second-order valence-corrected chi connectivity index (χ2v) is 9.08. The Morgan fingerprint density at radius 2 is 1.61 bits per heavy atom. The fourth-order valence-electron chi connectivity index (χ4n) is 4.20. The zero-order valence-corrected chi connectivity index (χ0v) is 21.9. The molecule has 1 fully saturated rings. The van der Waals surface area contributed by atoms with Crippen LogP contribution in [0.1, 0.15) is 36.7 Å². The van der Waals surface area contributed by atoms with Crippen molar-refractivity contribution in [3.63, 3.8) is 0 Å². The monoisotopic (exact) mass is 574 g/mol. The van der Waals surface area contributed by atoms with Gasteiger partial charge in [0.05, 0.1) is 5.56 Å². The number of hydrogen-bond donors (Lipinski definition) is 4. The van der Waals surface area contributed by atoms with Gasteiger partial charge in [0.25, 0.3) is 0 Å². The number of ether oxygens (including phenoxy) is 6. The van der Waals surface area contributed by atoms with Crippen molar-refractivity contribution >= 4 is 29.8 Å². The zero-order valence-electron chi connectivity index (χ0n) is 21.9. The summed E-state index contributed by atoms with van der Waals surface area (Å²) in [7, 11) is 0. The fraction of sp³-hybridized carbons (Fsp3) is 0.333. The maximum absolute atomic E-state index is 12.9. The minimum absolute atomic E-state index is 0.0205. The molecule has 1 saturated heterocycles. The van der Waals surface area contributed by atoms with Crippen LogP contribution in [0.4, 0.5) is 0 Å². The summed E-state index contributed by atoms with van der Waals surface area (Å²) >= 11 is 0. The molecule has 0 unspecified atom stereocenters. The van der Waals surface area contributed by atoms with Gasteiger partial charge in [-0.1, -0.05) is 6.07 Å². The number of aromatic hydroxyl groups is 3. The maximum Gasteiger partial charge on any atom is 0.303 e. The van der Waals surface area contributed by atoms with Crippen LogP contribution in [0.2, 0.25) is 0 Å². The van der Waals surface area contributed by atoms with Gasteiger partial charge in [-0.15, -0.1) is 0 Å². The molecule has 0 aromatic heterocycles. The van der Waals surface area contributed by atoms with Crippen molar-refractivity contribution in [1.82, 2.24) is 0 Å². The first-order valence-corrected chi connectivity index (χ1v) is 12.2. The van der Waals surface area contributed by atoms with Crippen LogP contribution in [0.5, 0.6) is 28.7 Å². The van der Waals surface area contributed by atoms with Crippen LogP contribution in [0.25, 0.3) is 6.08 Å². The van der Waals surface area contributed by atoms with Gasteiger partial charge in [-0.3, -0.25) is 19.2 Å². The van der Waals surface area contributed by atoms with Crippen molar-refractivity contribution in [2.45, 2.75) is 51.5 Å². The van der Waals surface area contributed by atoms with Gasteiger partial charge in [0, 0.05) is 20.8 Å². The van der Waals surface area contributed by atoms with Crippen LogP contribution in [0.15, 0.2) is 36.1 Å². The molecule has 0 saturated carbocycles. The number of allylic oxidation sites excluding steroid dienone is 1. The lowest BCUT2D eigenvalue weighted by Crippen LogP contribution is -2.62. The largest absolute Gasteiger partial charge is 0.504 e. The second-order valence-electron chi connectivity index (χ2n) is 9.08. The number of aliphatic hydroxyl groups is 1. The topological polar surface area (TPSA) is 205 Å². The number of fused-ring (bicyclic) bond motifs is 1. The minimum atomic E-state index is -1.70. The molecule has 218 valence electrons. The van der Waals surface area contributed by atoms with E-state index in [0.717, 1.165) is 20.8 Å². The number of carbonyl (C=O) groups excluding carboxylic acids is 4. The van der Waals surface area contributed by atoms with Gasteiger partial charge in [-0.25, -0.2) is 0 Å². The number of aliphatic hydroxyl groups excluding tert-OH is 1. The third kappa shape index (κ3) is 6.34. The summed E-state index contributed by atoms with van der Waals surface area (Å²) < 4.78 is 32.3. The standard InChI is InChI=1S/C27H26O14/c1-11(28)36-10-20-25(37-12(2)29)23(35)26(38-13(3)30)27(41-20)40-18-7-5-15-21(33)19(39-24(15)22(18)34)9-14-4-6-16(31)17(32)8-14/h4-9,20,23,25-27,31-32,34-35H,10H2,1-3H3/t20-,23+,25-,26-,27-/m1/s1. The highest BCUT2D eigenvalue weighted by Crippen LogP contribution is 2.46. The SMILES string of the molecule is CC(=O)OC[C@H]1O[C@@H](Oc2ccc3c(c2O)OC(=Cc2ccc(O)c(O)c2)C3=O)[C@H](OC(C)=O)[C@@H](O)[C@@H]1OC(C)=O. The lowest BCUT2D eigenvalue weighted by molar-refractivity contribution is -0.285. The van der Waals surface area contributed by atoms with Crippen LogP contribution in [0, 0.1) is 0 Å². The number of Topliss-reactive ketones (excluding diaryl/α,β-unsaturated/α-hetero) is 1. The van der Waals surface area contributed by atoms with Crippen molar-refractivity contribution in [2.75, 3.05) is 6.61 Å². The predicted molar refractivity (Wildman–Crippen MR) is 134 cm³/mol. The minimum Gasteiger partial charge on any atom is -0.504 e. The molecule has 2 aromatic carbocycles. The van der Waals surface area contributed by atoms with E-state index in [-0.39, 0.29) is 28.6 Å². The molecule has 14 heteroatoms. The van der Waals surface area contributed by atoms with E-state index in [2.05, 4.69) is 0 Å². The van der Waals surface area contributed by atoms with Crippen LogP contribution >= 0.6 is 0 Å². The first kappa shape index (κ1) is 29.2. The molecule has 5 atom stereocenters. The Labute approximate surface area is 232 Å². The molecule has 2 heterocycles. The summed E-state index contributed by atoms with van der Waals surface area (Å²) in [6.07, 6.45) is -6.28. The van der Waals surface area contributed by atoms with Gasteiger partial charge in [0.2, 0.25) is 17.8 Å². The Balaban J connectivity index is 1.63. The lowest BCUT2D eigenvalue weighted by Gasteiger charge is -2.42.